The summed E-state index contributed by atoms with van der Waals surface area (Å²) in [5, 5.41) is 11.8. The topological polar surface area (TPSA) is 58.6 Å². The average Bonchev–Trinajstić information content (AvgIpc) is 2.34. The minimum absolute atomic E-state index is 0.0314. The van der Waals surface area contributed by atoms with Gasteiger partial charge in [-0.25, -0.2) is 4.79 Å². The standard InChI is InChI=1S/C16H23NO3/c1-12-7-8-13(10-14(12)11-18)6-5-9-17-15(19)20-16(2,3)4/h5-8,10,18H,9,11H2,1-4H3,(H,17,19). The highest BCUT2D eigenvalue weighted by atomic mass is 16.6. The largest absolute Gasteiger partial charge is 0.444 e. The summed E-state index contributed by atoms with van der Waals surface area (Å²) in [4.78, 5) is 11.4. The lowest BCUT2D eigenvalue weighted by Gasteiger charge is -2.19. The van der Waals surface area contributed by atoms with E-state index in [0.717, 1.165) is 16.7 Å². The third-order valence-electron chi connectivity index (χ3n) is 2.62. The molecule has 0 spiro atoms. The summed E-state index contributed by atoms with van der Waals surface area (Å²) in [6.45, 7) is 7.87. The lowest BCUT2D eigenvalue weighted by Crippen LogP contribution is -2.32. The Kier molecular flexibility index (Phi) is 5.77. The van der Waals surface area contributed by atoms with Gasteiger partial charge in [0.2, 0.25) is 0 Å². The van der Waals surface area contributed by atoms with Gasteiger partial charge in [0.1, 0.15) is 5.60 Å². The van der Waals surface area contributed by atoms with Crippen molar-refractivity contribution in [2.75, 3.05) is 6.54 Å². The molecule has 0 aliphatic heterocycles. The molecular formula is C16H23NO3. The molecule has 0 aliphatic carbocycles. The second-order valence-electron chi connectivity index (χ2n) is 5.63. The number of aliphatic hydroxyl groups excluding tert-OH is 1. The van der Waals surface area contributed by atoms with Crippen LogP contribution in [0.4, 0.5) is 4.79 Å². The molecule has 4 nitrogen and oxygen atoms in total. The first kappa shape index (κ1) is 16.2. The number of hydrogen-bond donors (Lipinski definition) is 2. The number of benzene rings is 1. The number of rotatable bonds is 4. The van der Waals surface area contributed by atoms with Crippen molar-refractivity contribution < 1.29 is 14.6 Å². The SMILES string of the molecule is Cc1ccc(C=CCNC(=O)OC(C)(C)C)cc1CO. The summed E-state index contributed by atoms with van der Waals surface area (Å²) in [7, 11) is 0. The van der Waals surface area contributed by atoms with Gasteiger partial charge >= 0.3 is 6.09 Å². The fraction of sp³-hybridized carbons (Fsp3) is 0.438. The fourth-order valence-corrected chi connectivity index (χ4v) is 1.62. The van der Waals surface area contributed by atoms with Crippen LogP contribution in [0.5, 0.6) is 0 Å². The normalized spacial score (nSPS) is 11.7. The van der Waals surface area contributed by atoms with E-state index < -0.39 is 11.7 Å². The van der Waals surface area contributed by atoms with Crippen molar-refractivity contribution >= 4 is 12.2 Å². The molecule has 2 N–H and O–H groups in total. The number of amides is 1. The van der Waals surface area contributed by atoms with Crippen LogP contribution in [0.1, 0.15) is 37.5 Å². The van der Waals surface area contributed by atoms with Crippen LogP contribution < -0.4 is 5.32 Å². The Bertz CT molecular complexity index is 487. The van der Waals surface area contributed by atoms with Gasteiger partial charge in [0.05, 0.1) is 6.61 Å². The van der Waals surface area contributed by atoms with Crippen molar-refractivity contribution in [3.05, 3.63) is 41.0 Å². The molecule has 0 saturated heterocycles. The van der Waals surface area contributed by atoms with Gasteiger partial charge in [-0.1, -0.05) is 24.3 Å². The number of carbonyl (C=O) groups is 1. The first-order valence-electron chi connectivity index (χ1n) is 6.65. The van der Waals surface area contributed by atoms with Gasteiger partial charge < -0.3 is 15.2 Å². The highest BCUT2D eigenvalue weighted by Crippen LogP contribution is 2.12. The van der Waals surface area contributed by atoms with E-state index >= 15 is 0 Å². The molecule has 0 unspecified atom stereocenters. The first-order chi connectivity index (χ1) is 9.31. The molecule has 0 radical (unpaired) electrons. The Morgan fingerprint density at radius 3 is 2.70 bits per heavy atom. The van der Waals surface area contributed by atoms with Crippen molar-refractivity contribution in [2.24, 2.45) is 0 Å². The maximum absolute atomic E-state index is 11.4. The molecule has 4 heteroatoms. The monoisotopic (exact) mass is 277 g/mol. The quantitative estimate of drug-likeness (QED) is 0.889. The molecule has 0 aromatic heterocycles. The molecule has 0 aliphatic rings. The molecule has 1 amide bonds. The van der Waals surface area contributed by atoms with Crippen LogP contribution in [-0.2, 0) is 11.3 Å². The van der Waals surface area contributed by atoms with Crippen LogP contribution in [0, 0.1) is 6.92 Å². The van der Waals surface area contributed by atoms with E-state index in [1.165, 1.54) is 0 Å². The number of carbonyl (C=O) groups excluding carboxylic acids is 1. The van der Waals surface area contributed by atoms with E-state index in [-0.39, 0.29) is 6.61 Å². The van der Waals surface area contributed by atoms with Gasteiger partial charge in [-0.05, 0) is 50.5 Å². The maximum atomic E-state index is 11.4. The minimum atomic E-state index is -0.485. The fourth-order valence-electron chi connectivity index (χ4n) is 1.62. The maximum Gasteiger partial charge on any atom is 0.407 e. The van der Waals surface area contributed by atoms with Gasteiger partial charge in [0, 0.05) is 6.54 Å². The van der Waals surface area contributed by atoms with Crippen LogP contribution in [0.3, 0.4) is 0 Å². The number of aliphatic hydroxyl groups is 1. The van der Waals surface area contributed by atoms with E-state index in [2.05, 4.69) is 5.32 Å². The number of nitrogens with one attached hydrogen (secondary N) is 1. The third kappa shape index (κ3) is 5.89. The van der Waals surface area contributed by atoms with Crippen LogP contribution in [0.15, 0.2) is 24.3 Å². The average molecular weight is 277 g/mol. The van der Waals surface area contributed by atoms with Gasteiger partial charge in [-0.15, -0.1) is 0 Å². The zero-order valence-corrected chi connectivity index (χ0v) is 12.6. The molecule has 0 heterocycles. The number of aryl methyl sites for hydroxylation is 1. The van der Waals surface area contributed by atoms with Crippen LogP contribution in [0.2, 0.25) is 0 Å². The molecule has 110 valence electrons. The zero-order valence-electron chi connectivity index (χ0n) is 12.6. The Morgan fingerprint density at radius 1 is 1.40 bits per heavy atom. The Hall–Kier alpha value is -1.81. The predicted molar refractivity (Wildman–Crippen MR) is 80.4 cm³/mol. The number of alkyl carbamates (subject to hydrolysis) is 1. The van der Waals surface area contributed by atoms with Crippen molar-refractivity contribution in [3.63, 3.8) is 0 Å². The Balaban J connectivity index is 2.47. The molecule has 0 saturated carbocycles. The molecule has 0 fully saturated rings. The smallest absolute Gasteiger partial charge is 0.407 e. The van der Waals surface area contributed by atoms with Crippen LogP contribution in [0.25, 0.3) is 6.08 Å². The lowest BCUT2D eigenvalue weighted by molar-refractivity contribution is 0.0534. The van der Waals surface area contributed by atoms with Crippen molar-refractivity contribution in [1.29, 1.82) is 0 Å². The van der Waals surface area contributed by atoms with E-state index in [1.54, 1.807) is 0 Å². The summed E-state index contributed by atoms with van der Waals surface area (Å²) >= 11 is 0. The van der Waals surface area contributed by atoms with Gasteiger partial charge in [-0.2, -0.15) is 0 Å². The molecule has 0 bridgehead atoms. The Labute approximate surface area is 120 Å². The third-order valence-corrected chi connectivity index (χ3v) is 2.62. The van der Waals surface area contributed by atoms with Crippen molar-refractivity contribution in [3.8, 4) is 0 Å². The van der Waals surface area contributed by atoms with Crippen LogP contribution in [-0.4, -0.2) is 23.3 Å². The predicted octanol–water partition coefficient (Wildman–Crippen LogP) is 3.03. The lowest BCUT2D eigenvalue weighted by atomic mass is 10.1. The second-order valence-corrected chi connectivity index (χ2v) is 5.63. The first-order valence-corrected chi connectivity index (χ1v) is 6.65. The highest BCUT2D eigenvalue weighted by Gasteiger charge is 2.14. The summed E-state index contributed by atoms with van der Waals surface area (Å²) in [6.07, 6.45) is 3.31. The molecule has 1 aromatic rings. The Morgan fingerprint density at radius 2 is 2.10 bits per heavy atom. The number of hydrogen-bond acceptors (Lipinski definition) is 3. The van der Waals surface area contributed by atoms with Crippen LogP contribution >= 0.6 is 0 Å². The summed E-state index contributed by atoms with van der Waals surface area (Å²) in [5.41, 5.74) is 2.48. The summed E-state index contributed by atoms with van der Waals surface area (Å²) in [5.74, 6) is 0. The molecule has 1 aromatic carbocycles. The minimum Gasteiger partial charge on any atom is -0.444 e. The molecular weight excluding hydrogens is 254 g/mol. The molecule has 0 atom stereocenters. The number of ether oxygens (including phenoxy) is 1. The molecule has 1 rings (SSSR count). The second kappa shape index (κ2) is 7.10. The van der Waals surface area contributed by atoms with Gasteiger partial charge in [0.25, 0.3) is 0 Å². The highest BCUT2D eigenvalue weighted by molar-refractivity contribution is 5.68. The van der Waals surface area contributed by atoms with Crippen molar-refractivity contribution in [2.45, 2.75) is 39.9 Å². The summed E-state index contributed by atoms with van der Waals surface area (Å²) in [6, 6.07) is 5.87. The summed E-state index contributed by atoms with van der Waals surface area (Å²) < 4.78 is 5.13. The van der Waals surface area contributed by atoms with E-state index in [4.69, 9.17) is 4.74 Å². The van der Waals surface area contributed by atoms with E-state index in [9.17, 15) is 9.90 Å². The molecule has 20 heavy (non-hydrogen) atoms. The van der Waals surface area contributed by atoms with Gasteiger partial charge in [0.15, 0.2) is 0 Å². The van der Waals surface area contributed by atoms with E-state index in [0.29, 0.717) is 6.54 Å². The van der Waals surface area contributed by atoms with E-state index in [1.807, 2.05) is 58.0 Å². The van der Waals surface area contributed by atoms with Gasteiger partial charge in [-0.3, -0.25) is 0 Å². The zero-order chi connectivity index (χ0) is 15.2. The van der Waals surface area contributed by atoms with Crippen molar-refractivity contribution in [1.82, 2.24) is 5.32 Å².